The Kier molecular flexibility index (Phi) is 3.54. The van der Waals surface area contributed by atoms with Crippen LogP contribution < -0.4 is 5.73 Å². The van der Waals surface area contributed by atoms with E-state index in [0.29, 0.717) is 0 Å². The molecule has 0 bridgehead atoms. The van der Waals surface area contributed by atoms with Crippen molar-refractivity contribution in [1.82, 2.24) is 20.2 Å². The summed E-state index contributed by atoms with van der Waals surface area (Å²) in [6.45, 7) is 1.67. The van der Waals surface area contributed by atoms with Gasteiger partial charge < -0.3 is 5.73 Å². The van der Waals surface area contributed by atoms with E-state index in [0.717, 1.165) is 32.4 Å². The van der Waals surface area contributed by atoms with Crippen LogP contribution in [0, 0.1) is 0 Å². The average Bonchev–Trinajstić information content (AvgIpc) is 2.50. The van der Waals surface area contributed by atoms with Crippen molar-refractivity contribution >= 4 is 0 Å². The number of nitrogens with zero attached hydrogens (tertiary/aromatic N) is 4. The Hall–Kier alpha value is -0.970. The van der Waals surface area contributed by atoms with Gasteiger partial charge in [0.1, 0.15) is 6.33 Å². The molecule has 62 valence electrons. The van der Waals surface area contributed by atoms with Gasteiger partial charge in [-0.15, -0.1) is 5.10 Å². The van der Waals surface area contributed by atoms with Crippen LogP contribution in [0.2, 0.25) is 0 Å². The van der Waals surface area contributed by atoms with Crippen LogP contribution in [0.5, 0.6) is 0 Å². The second-order valence-electron chi connectivity index (χ2n) is 2.42. The van der Waals surface area contributed by atoms with Gasteiger partial charge in [0, 0.05) is 6.54 Å². The highest BCUT2D eigenvalue weighted by Gasteiger charge is 1.91. The van der Waals surface area contributed by atoms with Crippen molar-refractivity contribution in [3.63, 3.8) is 0 Å². The standard InChI is InChI=1S/C6H13N5/c7-4-2-1-3-5-11-6-8-9-10-11/h6H,1-5,7H2. The first-order chi connectivity index (χ1) is 5.43. The van der Waals surface area contributed by atoms with Crippen LogP contribution in [-0.2, 0) is 6.54 Å². The first kappa shape index (κ1) is 8.13. The molecule has 0 radical (unpaired) electrons. The van der Waals surface area contributed by atoms with Gasteiger partial charge in [-0.3, -0.25) is 0 Å². The van der Waals surface area contributed by atoms with Crippen molar-refractivity contribution in [1.29, 1.82) is 0 Å². The number of tetrazole rings is 1. The Morgan fingerprint density at radius 2 is 2.18 bits per heavy atom. The molecule has 0 saturated carbocycles. The molecule has 1 aromatic heterocycles. The average molecular weight is 155 g/mol. The maximum absolute atomic E-state index is 5.34. The molecule has 1 aromatic rings. The quantitative estimate of drug-likeness (QED) is 0.598. The molecular formula is C6H13N5. The molecule has 0 spiro atoms. The summed E-state index contributed by atoms with van der Waals surface area (Å²) in [6, 6.07) is 0. The number of hydrogen-bond donors (Lipinski definition) is 1. The molecule has 5 heteroatoms. The third-order valence-corrected chi connectivity index (χ3v) is 1.48. The Balaban J connectivity index is 2.04. The lowest BCUT2D eigenvalue weighted by Crippen LogP contribution is -2.01. The van der Waals surface area contributed by atoms with E-state index in [9.17, 15) is 0 Å². The summed E-state index contributed by atoms with van der Waals surface area (Å²) in [5.74, 6) is 0. The highest BCUT2D eigenvalue weighted by atomic mass is 15.5. The zero-order valence-corrected chi connectivity index (χ0v) is 6.48. The first-order valence-electron chi connectivity index (χ1n) is 3.84. The van der Waals surface area contributed by atoms with Crippen molar-refractivity contribution in [2.45, 2.75) is 25.8 Å². The summed E-state index contributed by atoms with van der Waals surface area (Å²) in [4.78, 5) is 0. The summed E-state index contributed by atoms with van der Waals surface area (Å²) in [5.41, 5.74) is 5.34. The van der Waals surface area contributed by atoms with Gasteiger partial charge in [0.2, 0.25) is 0 Å². The molecule has 0 aromatic carbocycles. The molecule has 2 N–H and O–H groups in total. The Bertz CT molecular complexity index is 171. The molecule has 5 nitrogen and oxygen atoms in total. The minimum atomic E-state index is 0.773. The molecule has 0 amide bonds. The zero-order valence-electron chi connectivity index (χ0n) is 6.48. The number of aromatic nitrogens is 4. The maximum atomic E-state index is 5.34. The summed E-state index contributed by atoms with van der Waals surface area (Å²) < 4.78 is 1.73. The van der Waals surface area contributed by atoms with Gasteiger partial charge in [-0.25, -0.2) is 4.68 Å². The lowest BCUT2D eigenvalue weighted by atomic mass is 10.2. The van der Waals surface area contributed by atoms with Gasteiger partial charge in [0.05, 0.1) is 0 Å². The monoisotopic (exact) mass is 155 g/mol. The summed E-state index contributed by atoms with van der Waals surface area (Å²) >= 11 is 0. The fourth-order valence-electron chi connectivity index (χ4n) is 0.878. The predicted molar refractivity (Wildman–Crippen MR) is 40.7 cm³/mol. The molecule has 0 aliphatic carbocycles. The minimum Gasteiger partial charge on any atom is -0.330 e. The summed E-state index contributed by atoms with van der Waals surface area (Å²) in [7, 11) is 0. The van der Waals surface area contributed by atoms with Crippen LogP contribution in [0.25, 0.3) is 0 Å². The molecule has 1 rings (SSSR count). The molecule has 0 aliphatic rings. The third kappa shape index (κ3) is 3.08. The Labute approximate surface area is 65.6 Å². The number of hydrogen-bond acceptors (Lipinski definition) is 4. The normalized spacial score (nSPS) is 10.3. The molecule has 0 atom stereocenters. The van der Waals surface area contributed by atoms with Crippen LogP contribution in [0.3, 0.4) is 0 Å². The molecule has 1 heterocycles. The highest BCUT2D eigenvalue weighted by molar-refractivity contribution is 4.48. The van der Waals surface area contributed by atoms with E-state index in [1.54, 1.807) is 11.0 Å². The molecule has 0 aliphatic heterocycles. The second-order valence-corrected chi connectivity index (χ2v) is 2.42. The zero-order chi connectivity index (χ0) is 7.94. The van der Waals surface area contributed by atoms with Crippen LogP contribution in [0.4, 0.5) is 0 Å². The van der Waals surface area contributed by atoms with Crippen molar-refractivity contribution in [2.75, 3.05) is 6.54 Å². The largest absolute Gasteiger partial charge is 0.330 e. The smallest absolute Gasteiger partial charge is 0.138 e. The van der Waals surface area contributed by atoms with Crippen LogP contribution in [0.15, 0.2) is 6.33 Å². The Morgan fingerprint density at radius 3 is 2.82 bits per heavy atom. The van der Waals surface area contributed by atoms with Crippen LogP contribution in [-0.4, -0.2) is 26.8 Å². The van der Waals surface area contributed by atoms with E-state index in [1.165, 1.54) is 0 Å². The van der Waals surface area contributed by atoms with Crippen LogP contribution >= 0.6 is 0 Å². The Morgan fingerprint density at radius 1 is 1.27 bits per heavy atom. The van der Waals surface area contributed by atoms with E-state index >= 15 is 0 Å². The number of rotatable bonds is 5. The van der Waals surface area contributed by atoms with Crippen molar-refractivity contribution in [3.05, 3.63) is 6.33 Å². The van der Waals surface area contributed by atoms with Gasteiger partial charge in [0.15, 0.2) is 0 Å². The van der Waals surface area contributed by atoms with Gasteiger partial charge in [-0.05, 0) is 29.8 Å². The molecule has 0 unspecified atom stereocenters. The predicted octanol–water partition coefficient (Wildman–Crippen LogP) is -0.198. The maximum Gasteiger partial charge on any atom is 0.138 e. The van der Waals surface area contributed by atoms with Crippen molar-refractivity contribution in [3.8, 4) is 0 Å². The first-order valence-corrected chi connectivity index (χ1v) is 3.84. The molecule has 0 fully saturated rings. The van der Waals surface area contributed by atoms with Gasteiger partial charge >= 0.3 is 0 Å². The topological polar surface area (TPSA) is 69.6 Å². The molecule has 11 heavy (non-hydrogen) atoms. The number of aryl methyl sites for hydroxylation is 1. The van der Waals surface area contributed by atoms with Crippen molar-refractivity contribution < 1.29 is 0 Å². The lowest BCUT2D eigenvalue weighted by Gasteiger charge is -1.97. The van der Waals surface area contributed by atoms with E-state index in [1.807, 2.05) is 0 Å². The van der Waals surface area contributed by atoms with Crippen molar-refractivity contribution in [2.24, 2.45) is 5.73 Å². The SMILES string of the molecule is NCCCCCn1cnnn1. The lowest BCUT2D eigenvalue weighted by molar-refractivity contribution is 0.532. The minimum absolute atomic E-state index is 0.773. The summed E-state index contributed by atoms with van der Waals surface area (Å²) in [5, 5.41) is 10.8. The van der Waals surface area contributed by atoms with E-state index in [2.05, 4.69) is 15.5 Å². The van der Waals surface area contributed by atoms with Gasteiger partial charge in [0.25, 0.3) is 0 Å². The third-order valence-electron chi connectivity index (χ3n) is 1.48. The summed E-state index contributed by atoms with van der Waals surface area (Å²) in [6.07, 6.45) is 4.96. The second kappa shape index (κ2) is 4.79. The van der Waals surface area contributed by atoms with E-state index < -0.39 is 0 Å². The number of unbranched alkanes of at least 4 members (excludes halogenated alkanes) is 2. The van der Waals surface area contributed by atoms with Gasteiger partial charge in [-0.1, -0.05) is 6.42 Å². The fourth-order valence-corrected chi connectivity index (χ4v) is 0.878. The number of nitrogens with two attached hydrogens (primary N) is 1. The molecular weight excluding hydrogens is 142 g/mol. The van der Waals surface area contributed by atoms with E-state index in [4.69, 9.17) is 5.73 Å². The fraction of sp³-hybridized carbons (Fsp3) is 0.833. The highest BCUT2D eigenvalue weighted by Crippen LogP contribution is 1.94. The van der Waals surface area contributed by atoms with E-state index in [-0.39, 0.29) is 0 Å². The van der Waals surface area contributed by atoms with Gasteiger partial charge in [-0.2, -0.15) is 0 Å². The van der Waals surface area contributed by atoms with Crippen LogP contribution in [0.1, 0.15) is 19.3 Å². The molecule has 0 saturated heterocycles.